The molecule has 6 heteroatoms. The summed E-state index contributed by atoms with van der Waals surface area (Å²) < 4.78 is 11.0. The molecular weight excluding hydrogens is 767 g/mol. The van der Waals surface area contributed by atoms with Crippen LogP contribution in [-0.2, 0) is 25.8 Å². The number of aromatic nitrogens is 4. The van der Waals surface area contributed by atoms with Gasteiger partial charge in [0.05, 0.1) is 11.4 Å². The second kappa shape index (κ2) is 14.8. The van der Waals surface area contributed by atoms with E-state index in [4.69, 9.17) is 14.8 Å². The van der Waals surface area contributed by atoms with Crippen LogP contribution in [0.2, 0.25) is 0 Å². The van der Waals surface area contributed by atoms with Crippen LogP contribution in [0.25, 0.3) is 55.7 Å². The summed E-state index contributed by atoms with van der Waals surface area (Å²) in [6.45, 7) is 19.7. The van der Waals surface area contributed by atoms with E-state index in [2.05, 4.69) is 181 Å². The SMILES string of the molecule is Cc1cc(C)c(-c2c(C)nn(-c3[c-]c(Oc4[c-]c5c(cc4)c4ccccc4n5-c4cc(C(C)(C)C)ccn4)cc(C(C)C)c3)c2-c2ccccc2)c(C)c1.[Pd+2]. The first kappa shape index (κ1) is 38.0. The maximum Gasteiger partial charge on any atom is 2.00 e. The Bertz CT molecular complexity index is 2670. The van der Waals surface area contributed by atoms with E-state index >= 15 is 0 Å². The zero-order valence-electron chi connectivity index (χ0n) is 33.0. The van der Waals surface area contributed by atoms with Gasteiger partial charge in [-0.15, -0.1) is 41.3 Å². The van der Waals surface area contributed by atoms with Gasteiger partial charge in [-0.1, -0.05) is 106 Å². The number of hydrogen-bond donors (Lipinski definition) is 0. The second-order valence-electron chi connectivity index (χ2n) is 15.9. The summed E-state index contributed by atoms with van der Waals surface area (Å²) in [5.74, 6) is 2.32. The molecule has 8 aromatic rings. The molecule has 0 fully saturated rings. The van der Waals surface area contributed by atoms with E-state index in [9.17, 15) is 0 Å². The van der Waals surface area contributed by atoms with Gasteiger partial charge in [-0.25, -0.2) is 4.98 Å². The van der Waals surface area contributed by atoms with Crippen LogP contribution in [0.3, 0.4) is 0 Å². The minimum absolute atomic E-state index is 0. The van der Waals surface area contributed by atoms with Crippen molar-refractivity contribution in [2.75, 3.05) is 0 Å². The molecule has 0 amide bonds. The van der Waals surface area contributed by atoms with Gasteiger partial charge >= 0.3 is 20.4 Å². The molecular formula is C49H46N4OPd. The first-order valence-corrected chi connectivity index (χ1v) is 18.8. The van der Waals surface area contributed by atoms with Crippen molar-refractivity contribution in [1.82, 2.24) is 19.3 Å². The summed E-state index contributed by atoms with van der Waals surface area (Å²) in [6.07, 6.45) is 1.90. The smallest absolute Gasteiger partial charge is 0.509 e. The number of fused-ring (bicyclic) bond motifs is 3. The van der Waals surface area contributed by atoms with Crippen LogP contribution in [0.4, 0.5) is 0 Å². The Morgan fingerprint density at radius 1 is 0.709 bits per heavy atom. The largest absolute Gasteiger partial charge is 2.00 e. The standard InChI is InChI=1S/C49H46N4O.Pd/c1-30(2)36-25-38(53-48(35-15-11-10-12-16-35)47(34(6)51-53)46-32(4)23-31(3)24-33(46)5)28-40(26-36)54-39-19-20-42-41-17-13-14-18-43(41)52(44(42)29-39)45-27-37(21-22-50-45)49(7,8)9;/h10-27,30H,1-9H3;/q-2;+2. The number of aryl methyl sites for hydroxylation is 4. The van der Waals surface area contributed by atoms with Gasteiger partial charge in [0, 0.05) is 34.3 Å². The molecule has 0 atom stereocenters. The van der Waals surface area contributed by atoms with Crippen molar-refractivity contribution in [2.24, 2.45) is 0 Å². The summed E-state index contributed by atoms with van der Waals surface area (Å²) in [6, 6.07) is 43.5. The predicted octanol–water partition coefficient (Wildman–Crippen LogP) is 12.7. The molecule has 0 radical (unpaired) electrons. The molecule has 5 aromatic carbocycles. The minimum atomic E-state index is -0.0184. The van der Waals surface area contributed by atoms with E-state index in [1.807, 2.05) is 12.3 Å². The molecule has 0 spiro atoms. The fourth-order valence-corrected chi connectivity index (χ4v) is 7.79. The number of ether oxygens (including phenoxy) is 1. The number of nitrogens with zero attached hydrogens (tertiary/aromatic N) is 4. The summed E-state index contributed by atoms with van der Waals surface area (Å²) in [5.41, 5.74) is 14.3. The van der Waals surface area contributed by atoms with Gasteiger partial charge < -0.3 is 9.30 Å². The summed E-state index contributed by atoms with van der Waals surface area (Å²) in [7, 11) is 0. The van der Waals surface area contributed by atoms with Crippen molar-refractivity contribution in [3.63, 3.8) is 0 Å². The van der Waals surface area contributed by atoms with Gasteiger partial charge in [0.15, 0.2) is 0 Å². The maximum absolute atomic E-state index is 6.74. The monoisotopic (exact) mass is 812 g/mol. The molecule has 3 heterocycles. The predicted molar refractivity (Wildman–Crippen MR) is 222 cm³/mol. The van der Waals surface area contributed by atoms with Gasteiger partial charge in [0.1, 0.15) is 5.82 Å². The second-order valence-corrected chi connectivity index (χ2v) is 15.9. The molecule has 0 bridgehead atoms. The third-order valence-corrected chi connectivity index (χ3v) is 10.4. The van der Waals surface area contributed by atoms with E-state index in [0.717, 1.165) is 61.4 Å². The molecule has 0 aliphatic heterocycles. The van der Waals surface area contributed by atoms with Gasteiger partial charge in [0.25, 0.3) is 0 Å². The zero-order valence-corrected chi connectivity index (χ0v) is 34.5. The van der Waals surface area contributed by atoms with Crippen LogP contribution in [0, 0.1) is 39.8 Å². The quantitative estimate of drug-likeness (QED) is 0.119. The fraction of sp³-hybridized carbons (Fsp3) is 0.224. The average molecular weight is 813 g/mol. The molecule has 3 aromatic heterocycles. The van der Waals surface area contributed by atoms with Crippen molar-refractivity contribution in [1.29, 1.82) is 0 Å². The van der Waals surface area contributed by atoms with Crippen molar-refractivity contribution >= 4 is 21.8 Å². The Morgan fingerprint density at radius 2 is 1.42 bits per heavy atom. The van der Waals surface area contributed by atoms with Gasteiger partial charge in [-0.3, -0.25) is 4.68 Å². The molecule has 0 saturated heterocycles. The molecule has 0 aliphatic carbocycles. The fourth-order valence-electron chi connectivity index (χ4n) is 7.79. The molecule has 55 heavy (non-hydrogen) atoms. The topological polar surface area (TPSA) is 44.9 Å². The van der Waals surface area contributed by atoms with E-state index in [0.29, 0.717) is 11.5 Å². The Morgan fingerprint density at radius 3 is 2.13 bits per heavy atom. The number of benzene rings is 5. The third kappa shape index (κ3) is 7.06. The van der Waals surface area contributed by atoms with Crippen LogP contribution in [0.5, 0.6) is 11.5 Å². The summed E-state index contributed by atoms with van der Waals surface area (Å²) in [4.78, 5) is 4.85. The Kier molecular flexibility index (Phi) is 10.2. The molecule has 0 saturated carbocycles. The Balaban J connectivity index is 0.00000465. The van der Waals surface area contributed by atoms with E-state index in [1.165, 1.54) is 27.8 Å². The van der Waals surface area contributed by atoms with E-state index in [1.54, 1.807) is 0 Å². The molecule has 0 aliphatic rings. The number of pyridine rings is 1. The van der Waals surface area contributed by atoms with Crippen molar-refractivity contribution < 1.29 is 25.2 Å². The minimum Gasteiger partial charge on any atom is -0.509 e. The first-order chi connectivity index (χ1) is 25.9. The van der Waals surface area contributed by atoms with Crippen LogP contribution < -0.4 is 4.74 Å². The molecule has 0 unspecified atom stereocenters. The number of rotatable bonds is 7. The molecule has 278 valence electrons. The number of para-hydroxylation sites is 1. The summed E-state index contributed by atoms with van der Waals surface area (Å²) >= 11 is 0. The first-order valence-electron chi connectivity index (χ1n) is 18.8. The molecule has 5 nitrogen and oxygen atoms in total. The zero-order chi connectivity index (χ0) is 37.9. The van der Waals surface area contributed by atoms with E-state index in [-0.39, 0.29) is 31.8 Å². The van der Waals surface area contributed by atoms with Crippen LogP contribution in [-0.4, -0.2) is 19.3 Å². The molecule has 8 rings (SSSR count). The Hall–Kier alpha value is -5.28. The van der Waals surface area contributed by atoms with E-state index < -0.39 is 0 Å². The van der Waals surface area contributed by atoms with Crippen LogP contribution >= 0.6 is 0 Å². The van der Waals surface area contributed by atoms with Crippen LogP contribution in [0.1, 0.15) is 74.0 Å². The van der Waals surface area contributed by atoms with Gasteiger partial charge in [-0.05, 0) is 90.6 Å². The average Bonchev–Trinajstić information content (AvgIpc) is 3.65. The van der Waals surface area contributed by atoms with Crippen molar-refractivity contribution in [3.8, 4) is 45.4 Å². The maximum atomic E-state index is 6.74. The van der Waals surface area contributed by atoms with Crippen LogP contribution in [0.15, 0.2) is 109 Å². The van der Waals surface area contributed by atoms with Crippen molar-refractivity contribution in [3.05, 3.63) is 155 Å². The van der Waals surface area contributed by atoms with Crippen molar-refractivity contribution in [2.45, 2.75) is 73.6 Å². The van der Waals surface area contributed by atoms with Gasteiger partial charge in [-0.2, -0.15) is 11.2 Å². The Labute approximate surface area is 338 Å². The van der Waals surface area contributed by atoms with Gasteiger partial charge in [0.2, 0.25) is 0 Å². The third-order valence-electron chi connectivity index (χ3n) is 10.4. The normalized spacial score (nSPS) is 11.7. The number of hydrogen-bond acceptors (Lipinski definition) is 3. The summed E-state index contributed by atoms with van der Waals surface area (Å²) in [5, 5.41) is 7.47. The molecule has 0 N–H and O–H groups in total.